The molecule has 0 aromatic carbocycles. The van der Waals surface area contributed by atoms with Gasteiger partial charge in [0.2, 0.25) is 0 Å². The van der Waals surface area contributed by atoms with Gasteiger partial charge in [-0.2, -0.15) is 0 Å². The Hall–Kier alpha value is -0.560. The molecule has 1 aliphatic rings. The van der Waals surface area contributed by atoms with E-state index in [0.29, 0.717) is 6.54 Å². The summed E-state index contributed by atoms with van der Waals surface area (Å²) in [5.41, 5.74) is 5.90. The highest BCUT2D eigenvalue weighted by Gasteiger charge is 2.36. The van der Waals surface area contributed by atoms with E-state index in [9.17, 15) is 0 Å². The maximum Gasteiger partial charge on any atom is 0.0568 e. The van der Waals surface area contributed by atoms with Gasteiger partial charge in [-0.1, -0.05) is 0 Å². The van der Waals surface area contributed by atoms with Gasteiger partial charge >= 0.3 is 0 Å². The van der Waals surface area contributed by atoms with Crippen molar-refractivity contribution in [3.8, 4) is 12.3 Å². The number of nitrogens with two attached hydrogens (primary N) is 1. The summed E-state index contributed by atoms with van der Waals surface area (Å²) in [6, 6.07) is 0. The van der Waals surface area contributed by atoms with Crippen molar-refractivity contribution in [2.45, 2.75) is 50.9 Å². The minimum Gasteiger partial charge on any atom is -0.375 e. The van der Waals surface area contributed by atoms with Crippen LogP contribution in [0.2, 0.25) is 0 Å². The molecule has 0 radical (unpaired) electrons. The number of hydrogen-bond acceptors (Lipinski definition) is 3. The fourth-order valence-corrected chi connectivity index (χ4v) is 2.46. The Labute approximate surface area is 92.8 Å². The van der Waals surface area contributed by atoms with E-state index >= 15 is 0 Å². The molecule has 1 heterocycles. The van der Waals surface area contributed by atoms with Crippen LogP contribution in [0, 0.1) is 12.3 Å². The lowest BCUT2D eigenvalue weighted by Crippen LogP contribution is -2.58. The smallest absolute Gasteiger partial charge is 0.0568 e. The molecule has 0 bridgehead atoms. The molecule has 3 heteroatoms. The molecule has 1 fully saturated rings. The van der Waals surface area contributed by atoms with Crippen LogP contribution in [0.1, 0.15) is 33.1 Å². The summed E-state index contributed by atoms with van der Waals surface area (Å²) >= 11 is 0. The molecule has 1 rings (SSSR count). The Kier molecular flexibility index (Phi) is 4.59. The van der Waals surface area contributed by atoms with E-state index in [1.807, 2.05) is 0 Å². The lowest BCUT2D eigenvalue weighted by molar-refractivity contribution is -0.0667. The molecule has 0 saturated carbocycles. The standard InChI is InChI=1S/C12H22N2O/c1-4-5-6-14-12(9-13)7-10(2)15-11(3)8-12/h1,10-11,14H,5-9,13H2,2-3H3. The van der Waals surface area contributed by atoms with E-state index in [0.717, 1.165) is 25.8 Å². The minimum atomic E-state index is 0.0218. The Balaban J connectivity index is 2.54. The zero-order chi connectivity index (χ0) is 11.3. The molecular formula is C12H22N2O. The van der Waals surface area contributed by atoms with Gasteiger partial charge in [0.15, 0.2) is 0 Å². The Morgan fingerprint density at radius 3 is 2.53 bits per heavy atom. The second kappa shape index (κ2) is 5.50. The van der Waals surface area contributed by atoms with E-state index in [1.165, 1.54) is 0 Å². The van der Waals surface area contributed by atoms with Crippen molar-refractivity contribution < 1.29 is 4.74 Å². The normalized spacial score (nSPS) is 36.1. The Morgan fingerprint density at radius 2 is 2.07 bits per heavy atom. The second-order valence-corrected chi connectivity index (χ2v) is 4.53. The third kappa shape index (κ3) is 3.49. The first-order valence-corrected chi connectivity index (χ1v) is 5.66. The molecule has 86 valence electrons. The summed E-state index contributed by atoms with van der Waals surface area (Å²) in [5.74, 6) is 2.64. The van der Waals surface area contributed by atoms with Crippen LogP contribution in [0.15, 0.2) is 0 Å². The van der Waals surface area contributed by atoms with Gasteiger partial charge in [-0.3, -0.25) is 0 Å². The molecular weight excluding hydrogens is 188 g/mol. The van der Waals surface area contributed by atoms with Crippen molar-refractivity contribution in [2.75, 3.05) is 13.1 Å². The number of ether oxygens (including phenoxy) is 1. The second-order valence-electron chi connectivity index (χ2n) is 4.53. The topological polar surface area (TPSA) is 47.3 Å². The summed E-state index contributed by atoms with van der Waals surface area (Å²) in [6.07, 6.45) is 8.48. The minimum absolute atomic E-state index is 0.0218. The monoisotopic (exact) mass is 210 g/mol. The first-order chi connectivity index (χ1) is 7.12. The summed E-state index contributed by atoms with van der Waals surface area (Å²) in [4.78, 5) is 0. The van der Waals surface area contributed by atoms with Gasteiger partial charge in [0.25, 0.3) is 0 Å². The SMILES string of the molecule is C#CCCNC1(CN)CC(C)OC(C)C1. The summed E-state index contributed by atoms with van der Waals surface area (Å²) in [7, 11) is 0. The highest BCUT2D eigenvalue weighted by molar-refractivity contribution is 4.97. The number of hydrogen-bond donors (Lipinski definition) is 2. The van der Waals surface area contributed by atoms with Crippen LogP contribution in [0.3, 0.4) is 0 Å². The predicted molar refractivity (Wildman–Crippen MR) is 62.5 cm³/mol. The lowest BCUT2D eigenvalue weighted by Gasteiger charge is -2.43. The van der Waals surface area contributed by atoms with Crippen LogP contribution in [-0.4, -0.2) is 30.8 Å². The first kappa shape index (κ1) is 12.5. The molecule has 15 heavy (non-hydrogen) atoms. The van der Waals surface area contributed by atoms with E-state index in [2.05, 4.69) is 25.1 Å². The van der Waals surface area contributed by atoms with Crippen LogP contribution < -0.4 is 11.1 Å². The fourth-order valence-electron chi connectivity index (χ4n) is 2.46. The molecule has 2 unspecified atom stereocenters. The predicted octanol–water partition coefficient (Wildman–Crippen LogP) is 0.884. The van der Waals surface area contributed by atoms with Gasteiger partial charge in [0, 0.05) is 25.0 Å². The van der Waals surface area contributed by atoms with Gasteiger partial charge < -0.3 is 15.8 Å². The van der Waals surface area contributed by atoms with Crippen LogP contribution >= 0.6 is 0 Å². The summed E-state index contributed by atoms with van der Waals surface area (Å²) in [6.45, 7) is 5.69. The zero-order valence-electron chi connectivity index (χ0n) is 9.75. The van der Waals surface area contributed by atoms with Gasteiger partial charge in [-0.25, -0.2) is 0 Å². The van der Waals surface area contributed by atoms with Crippen LogP contribution in [0.25, 0.3) is 0 Å². The molecule has 1 aliphatic heterocycles. The quantitative estimate of drug-likeness (QED) is 0.535. The number of nitrogens with one attached hydrogen (secondary N) is 1. The Morgan fingerprint density at radius 1 is 1.47 bits per heavy atom. The van der Waals surface area contributed by atoms with Gasteiger partial charge in [-0.05, 0) is 26.7 Å². The summed E-state index contributed by atoms with van der Waals surface area (Å²) < 4.78 is 5.71. The van der Waals surface area contributed by atoms with Crippen molar-refractivity contribution in [3.05, 3.63) is 0 Å². The molecule has 0 aliphatic carbocycles. The molecule has 3 N–H and O–H groups in total. The third-order valence-electron chi connectivity index (χ3n) is 2.98. The highest BCUT2D eigenvalue weighted by Crippen LogP contribution is 2.27. The molecule has 1 saturated heterocycles. The molecule has 3 nitrogen and oxygen atoms in total. The van der Waals surface area contributed by atoms with E-state index in [4.69, 9.17) is 16.9 Å². The molecule has 0 aromatic heterocycles. The van der Waals surface area contributed by atoms with E-state index in [1.54, 1.807) is 0 Å². The van der Waals surface area contributed by atoms with Crippen LogP contribution in [-0.2, 0) is 4.74 Å². The van der Waals surface area contributed by atoms with E-state index < -0.39 is 0 Å². The zero-order valence-corrected chi connectivity index (χ0v) is 9.75. The van der Waals surface area contributed by atoms with Gasteiger partial charge in [0.05, 0.1) is 12.2 Å². The first-order valence-electron chi connectivity index (χ1n) is 5.66. The summed E-state index contributed by atoms with van der Waals surface area (Å²) in [5, 5.41) is 3.50. The maximum atomic E-state index is 5.88. The average Bonchev–Trinajstić information content (AvgIpc) is 2.17. The highest BCUT2D eigenvalue weighted by atomic mass is 16.5. The Bertz CT molecular complexity index is 224. The van der Waals surface area contributed by atoms with Crippen molar-refractivity contribution in [3.63, 3.8) is 0 Å². The number of terminal acetylenes is 1. The molecule has 0 amide bonds. The molecule has 0 aromatic rings. The fraction of sp³-hybridized carbons (Fsp3) is 0.833. The van der Waals surface area contributed by atoms with Gasteiger partial charge in [-0.15, -0.1) is 12.3 Å². The van der Waals surface area contributed by atoms with Crippen LogP contribution in [0.5, 0.6) is 0 Å². The molecule has 2 atom stereocenters. The molecule has 0 spiro atoms. The van der Waals surface area contributed by atoms with Crippen molar-refractivity contribution >= 4 is 0 Å². The van der Waals surface area contributed by atoms with Crippen molar-refractivity contribution in [1.82, 2.24) is 5.32 Å². The van der Waals surface area contributed by atoms with Crippen LogP contribution in [0.4, 0.5) is 0 Å². The number of rotatable bonds is 4. The lowest BCUT2D eigenvalue weighted by atomic mass is 9.84. The van der Waals surface area contributed by atoms with E-state index in [-0.39, 0.29) is 17.7 Å². The maximum absolute atomic E-state index is 5.88. The van der Waals surface area contributed by atoms with Gasteiger partial charge in [0.1, 0.15) is 0 Å². The largest absolute Gasteiger partial charge is 0.375 e. The average molecular weight is 210 g/mol. The van der Waals surface area contributed by atoms with Crippen molar-refractivity contribution in [1.29, 1.82) is 0 Å². The third-order valence-corrected chi connectivity index (χ3v) is 2.98. The van der Waals surface area contributed by atoms with Crippen molar-refractivity contribution in [2.24, 2.45) is 5.73 Å².